The summed E-state index contributed by atoms with van der Waals surface area (Å²) in [7, 11) is 1.01. The summed E-state index contributed by atoms with van der Waals surface area (Å²) >= 11 is 0. The van der Waals surface area contributed by atoms with Crippen LogP contribution >= 0.6 is 0 Å². The Labute approximate surface area is 141 Å². The fraction of sp³-hybridized carbons (Fsp3) is 0.125. The van der Waals surface area contributed by atoms with Crippen LogP contribution in [0, 0.1) is 15.9 Å². The molecule has 0 heterocycles. The summed E-state index contributed by atoms with van der Waals surface area (Å²) in [6, 6.07) is 10.1. The number of rotatable bonds is 5. The first-order chi connectivity index (χ1) is 11.9. The quantitative estimate of drug-likeness (QED) is 0.505. The van der Waals surface area contributed by atoms with Crippen molar-refractivity contribution >= 4 is 23.4 Å². The molecule has 0 aliphatic heterocycles. The summed E-state index contributed by atoms with van der Waals surface area (Å²) in [4.78, 5) is 33.4. The lowest BCUT2D eigenvalue weighted by Gasteiger charge is -2.09. The van der Waals surface area contributed by atoms with E-state index in [0.717, 1.165) is 7.11 Å². The standard InChI is InChI=1S/C16H13FN2O6/c1-24-15(20)11-7-14(19(22)23)13(8-12(11)17)18-16(21)25-9-10-5-3-2-4-6-10/h2-8H,9H2,1H3,(H,18,21). The van der Waals surface area contributed by atoms with Gasteiger partial charge in [-0.05, 0) is 5.56 Å². The monoisotopic (exact) mass is 348 g/mol. The second-order valence-electron chi connectivity index (χ2n) is 4.78. The molecular formula is C16H13FN2O6. The highest BCUT2D eigenvalue weighted by atomic mass is 19.1. The number of benzene rings is 2. The Balaban J connectivity index is 2.17. The van der Waals surface area contributed by atoms with Crippen molar-refractivity contribution in [3.8, 4) is 0 Å². The molecule has 2 aromatic carbocycles. The van der Waals surface area contributed by atoms with Crippen LogP contribution in [0.1, 0.15) is 15.9 Å². The number of carbonyl (C=O) groups is 2. The van der Waals surface area contributed by atoms with E-state index in [-0.39, 0.29) is 6.61 Å². The molecule has 0 saturated heterocycles. The van der Waals surface area contributed by atoms with E-state index < -0.39 is 39.7 Å². The van der Waals surface area contributed by atoms with Crippen molar-refractivity contribution in [3.63, 3.8) is 0 Å². The number of nitro groups is 1. The lowest BCUT2D eigenvalue weighted by Crippen LogP contribution is -2.16. The number of methoxy groups -OCH3 is 1. The van der Waals surface area contributed by atoms with Crippen LogP contribution in [-0.2, 0) is 16.1 Å². The predicted octanol–water partition coefficient (Wildman–Crippen LogP) is 3.27. The largest absolute Gasteiger partial charge is 0.465 e. The third-order valence-electron chi connectivity index (χ3n) is 3.14. The summed E-state index contributed by atoms with van der Waals surface area (Å²) in [5.74, 6) is -2.14. The minimum Gasteiger partial charge on any atom is -0.465 e. The molecule has 25 heavy (non-hydrogen) atoms. The number of nitrogens with zero attached hydrogens (tertiary/aromatic N) is 1. The smallest absolute Gasteiger partial charge is 0.412 e. The summed E-state index contributed by atoms with van der Waals surface area (Å²) in [6.07, 6.45) is -1.00. The number of anilines is 1. The zero-order chi connectivity index (χ0) is 18.4. The highest BCUT2D eigenvalue weighted by molar-refractivity contribution is 5.94. The minimum absolute atomic E-state index is 0.0663. The fourth-order valence-electron chi connectivity index (χ4n) is 1.95. The molecule has 0 radical (unpaired) electrons. The summed E-state index contributed by atoms with van der Waals surface area (Å²) in [5, 5.41) is 13.2. The fourth-order valence-corrected chi connectivity index (χ4v) is 1.95. The number of halogens is 1. The third-order valence-corrected chi connectivity index (χ3v) is 3.14. The first-order valence-corrected chi connectivity index (χ1v) is 6.96. The van der Waals surface area contributed by atoms with Crippen LogP contribution in [0.15, 0.2) is 42.5 Å². The zero-order valence-corrected chi connectivity index (χ0v) is 13.0. The van der Waals surface area contributed by atoms with Gasteiger partial charge in [0, 0.05) is 12.1 Å². The van der Waals surface area contributed by atoms with Gasteiger partial charge >= 0.3 is 12.1 Å². The molecule has 0 fully saturated rings. The number of esters is 1. The van der Waals surface area contributed by atoms with Gasteiger partial charge in [-0.25, -0.2) is 14.0 Å². The Bertz CT molecular complexity index is 810. The molecule has 2 aromatic rings. The molecule has 0 aliphatic carbocycles. The maximum atomic E-state index is 13.9. The molecule has 0 spiro atoms. The van der Waals surface area contributed by atoms with E-state index in [2.05, 4.69) is 10.1 Å². The number of ether oxygens (including phenoxy) is 2. The molecule has 9 heteroatoms. The van der Waals surface area contributed by atoms with Gasteiger partial charge < -0.3 is 9.47 Å². The highest BCUT2D eigenvalue weighted by Gasteiger charge is 2.24. The number of carbonyl (C=O) groups excluding carboxylic acids is 2. The van der Waals surface area contributed by atoms with Crippen LogP contribution in [0.4, 0.5) is 20.6 Å². The van der Waals surface area contributed by atoms with E-state index in [0.29, 0.717) is 17.7 Å². The van der Waals surface area contributed by atoms with Crippen LogP contribution in [0.2, 0.25) is 0 Å². The van der Waals surface area contributed by atoms with Crippen molar-refractivity contribution in [2.45, 2.75) is 6.61 Å². The molecule has 0 unspecified atom stereocenters. The van der Waals surface area contributed by atoms with Gasteiger partial charge in [0.15, 0.2) is 0 Å². The molecule has 0 aromatic heterocycles. The van der Waals surface area contributed by atoms with E-state index in [4.69, 9.17) is 4.74 Å². The molecule has 0 saturated carbocycles. The van der Waals surface area contributed by atoms with Gasteiger partial charge in [-0.2, -0.15) is 0 Å². The predicted molar refractivity (Wildman–Crippen MR) is 84.6 cm³/mol. The number of nitrogens with one attached hydrogen (secondary N) is 1. The summed E-state index contributed by atoms with van der Waals surface area (Å²) in [5.41, 5.74) is -1.01. The van der Waals surface area contributed by atoms with Gasteiger partial charge in [-0.15, -0.1) is 0 Å². The summed E-state index contributed by atoms with van der Waals surface area (Å²) < 4.78 is 23.2. The molecule has 0 aliphatic rings. The van der Waals surface area contributed by atoms with Crippen LogP contribution in [0.25, 0.3) is 0 Å². The molecule has 130 valence electrons. The Morgan fingerprint density at radius 3 is 2.52 bits per heavy atom. The molecule has 2 rings (SSSR count). The van der Waals surface area contributed by atoms with Crippen molar-refractivity contribution < 1.29 is 28.4 Å². The van der Waals surface area contributed by atoms with Crippen molar-refractivity contribution in [2.24, 2.45) is 0 Å². The summed E-state index contributed by atoms with van der Waals surface area (Å²) in [6.45, 7) is -0.0663. The van der Waals surface area contributed by atoms with Crippen molar-refractivity contribution in [1.29, 1.82) is 0 Å². The van der Waals surface area contributed by atoms with E-state index in [9.17, 15) is 24.1 Å². The van der Waals surface area contributed by atoms with Crippen LogP contribution in [-0.4, -0.2) is 24.1 Å². The molecule has 1 amide bonds. The van der Waals surface area contributed by atoms with E-state index in [1.54, 1.807) is 30.3 Å². The number of amides is 1. The lowest BCUT2D eigenvalue weighted by molar-refractivity contribution is -0.384. The Morgan fingerprint density at radius 2 is 1.92 bits per heavy atom. The van der Waals surface area contributed by atoms with Gasteiger partial charge in [-0.3, -0.25) is 15.4 Å². The normalized spacial score (nSPS) is 10.0. The van der Waals surface area contributed by atoms with Gasteiger partial charge in [-0.1, -0.05) is 30.3 Å². The van der Waals surface area contributed by atoms with E-state index >= 15 is 0 Å². The van der Waals surface area contributed by atoms with Crippen LogP contribution in [0.3, 0.4) is 0 Å². The van der Waals surface area contributed by atoms with Crippen LogP contribution in [0.5, 0.6) is 0 Å². The molecule has 1 N–H and O–H groups in total. The van der Waals surface area contributed by atoms with Gasteiger partial charge in [0.1, 0.15) is 23.7 Å². The number of hydrogen-bond donors (Lipinski definition) is 1. The van der Waals surface area contributed by atoms with E-state index in [1.807, 2.05) is 0 Å². The minimum atomic E-state index is -1.07. The number of hydrogen-bond acceptors (Lipinski definition) is 6. The second kappa shape index (κ2) is 7.86. The lowest BCUT2D eigenvalue weighted by atomic mass is 10.1. The highest BCUT2D eigenvalue weighted by Crippen LogP contribution is 2.28. The van der Waals surface area contributed by atoms with Gasteiger partial charge in [0.25, 0.3) is 5.69 Å². The van der Waals surface area contributed by atoms with Gasteiger partial charge in [0.05, 0.1) is 12.0 Å². The SMILES string of the molecule is COC(=O)c1cc([N+](=O)[O-])c(NC(=O)OCc2ccccc2)cc1F. The maximum absolute atomic E-state index is 13.9. The van der Waals surface area contributed by atoms with Gasteiger partial charge in [0.2, 0.25) is 0 Å². The van der Waals surface area contributed by atoms with Crippen LogP contribution < -0.4 is 5.32 Å². The molecule has 8 nitrogen and oxygen atoms in total. The van der Waals surface area contributed by atoms with Crippen molar-refractivity contribution in [2.75, 3.05) is 12.4 Å². The van der Waals surface area contributed by atoms with Crippen molar-refractivity contribution in [1.82, 2.24) is 0 Å². The Morgan fingerprint density at radius 1 is 1.24 bits per heavy atom. The molecule has 0 atom stereocenters. The first kappa shape index (κ1) is 17.9. The molecular weight excluding hydrogens is 335 g/mol. The topological polar surface area (TPSA) is 108 Å². The van der Waals surface area contributed by atoms with E-state index in [1.165, 1.54) is 0 Å². The third kappa shape index (κ3) is 4.50. The van der Waals surface area contributed by atoms with Crippen molar-refractivity contribution in [3.05, 3.63) is 69.5 Å². The average Bonchev–Trinajstić information content (AvgIpc) is 2.60. The molecule has 0 bridgehead atoms. The first-order valence-electron chi connectivity index (χ1n) is 6.96. The number of nitro benzene ring substituents is 1. The Hall–Kier alpha value is -3.49. The maximum Gasteiger partial charge on any atom is 0.412 e. The zero-order valence-electron chi connectivity index (χ0n) is 13.0. The Kier molecular flexibility index (Phi) is 5.62. The average molecular weight is 348 g/mol. The second-order valence-corrected chi connectivity index (χ2v) is 4.78.